The van der Waals surface area contributed by atoms with E-state index in [1.807, 2.05) is 6.07 Å². The van der Waals surface area contributed by atoms with Gasteiger partial charge in [0.1, 0.15) is 0 Å². The van der Waals surface area contributed by atoms with Gasteiger partial charge in [0.15, 0.2) is 0 Å². The van der Waals surface area contributed by atoms with Gasteiger partial charge in [0.25, 0.3) is 0 Å². The Morgan fingerprint density at radius 2 is 1.93 bits per heavy atom. The maximum Gasteiger partial charge on any atom is 0.335 e. The number of nitrogens with zero attached hydrogens (tertiary/aromatic N) is 3. The Morgan fingerprint density at radius 3 is 2.70 bits per heavy atom. The van der Waals surface area contributed by atoms with Crippen molar-refractivity contribution in [3.63, 3.8) is 0 Å². The van der Waals surface area contributed by atoms with E-state index in [2.05, 4.69) is 58.8 Å². The van der Waals surface area contributed by atoms with Gasteiger partial charge in [-0.3, -0.25) is 4.90 Å². The van der Waals surface area contributed by atoms with Gasteiger partial charge in [0.05, 0.1) is 5.56 Å². The monoisotopic (exact) mass is 363 g/mol. The summed E-state index contributed by atoms with van der Waals surface area (Å²) in [6.45, 7) is 4.76. The van der Waals surface area contributed by atoms with Gasteiger partial charge in [0, 0.05) is 54.9 Å². The van der Waals surface area contributed by atoms with E-state index in [1.54, 1.807) is 12.1 Å². The number of fused-ring (bicyclic) bond motifs is 5. The van der Waals surface area contributed by atoms with Crippen LogP contribution in [0.4, 0.5) is 0 Å². The molecule has 2 heterocycles. The molecule has 0 aliphatic carbocycles. The minimum atomic E-state index is -0.883. The van der Waals surface area contributed by atoms with Crippen LogP contribution in [0, 0.1) is 0 Å². The number of aromatic nitrogens is 1. The molecule has 0 radical (unpaired) electrons. The van der Waals surface area contributed by atoms with Crippen molar-refractivity contribution in [1.29, 1.82) is 0 Å². The highest BCUT2D eigenvalue weighted by Gasteiger charge is 2.20. The van der Waals surface area contributed by atoms with Crippen LogP contribution in [0.1, 0.15) is 15.9 Å². The Morgan fingerprint density at radius 1 is 1.11 bits per heavy atom. The Kier molecular flexibility index (Phi) is 4.72. The molecule has 27 heavy (non-hydrogen) atoms. The normalized spacial score (nSPS) is 14.6. The number of hydrogen-bond acceptors (Lipinski definition) is 3. The summed E-state index contributed by atoms with van der Waals surface area (Å²) < 4.78 is 2.28. The summed E-state index contributed by atoms with van der Waals surface area (Å²) in [6, 6.07) is 16.2. The second-order valence-corrected chi connectivity index (χ2v) is 7.50. The van der Waals surface area contributed by atoms with Crippen molar-refractivity contribution in [1.82, 2.24) is 14.4 Å². The van der Waals surface area contributed by atoms with Crippen LogP contribution in [-0.2, 0) is 13.1 Å². The first-order valence-electron chi connectivity index (χ1n) is 9.35. The maximum absolute atomic E-state index is 11.4. The van der Waals surface area contributed by atoms with E-state index < -0.39 is 5.97 Å². The lowest BCUT2D eigenvalue weighted by molar-refractivity contribution is 0.0697. The lowest BCUT2D eigenvalue weighted by Crippen LogP contribution is -2.34. The lowest BCUT2D eigenvalue weighted by Gasteiger charge is -2.28. The molecule has 0 fully saturated rings. The number of carboxylic acid groups (broad SMARTS) is 1. The molecular formula is C22H25N3O2. The number of carbonyl (C=O) groups is 1. The number of likely N-dealkylation sites (N-methyl/N-ethyl adjacent to an activating group) is 1. The first kappa shape index (κ1) is 17.8. The van der Waals surface area contributed by atoms with Crippen molar-refractivity contribution in [2.75, 3.05) is 33.7 Å². The van der Waals surface area contributed by atoms with E-state index in [0.29, 0.717) is 5.56 Å². The van der Waals surface area contributed by atoms with Gasteiger partial charge >= 0.3 is 5.97 Å². The van der Waals surface area contributed by atoms with Crippen molar-refractivity contribution in [2.24, 2.45) is 0 Å². The zero-order chi connectivity index (χ0) is 19.0. The summed E-state index contributed by atoms with van der Waals surface area (Å²) >= 11 is 0. The number of aromatic carboxylic acids is 1. The molecule has 0 saturated heterocycles. The largest absolute Gasteiger partial charge is 0.478 e. The molecule has 0 amide bonds. The van der Waals surface area contributed by atoms with Gasteiger partial charge in [0.2, 0.25) is 0 Å². The van der Waals surface area contributed by atoms with E-state index in [1.165, 1.54) is 16.8 Å². The number of rotatable bonds is 4. The zero-order valence-corrected chi connectivity index (χ0v) is 15.9. The molecule has 1 N–H and O–H groups in total. The van der Waals surface area contributed by atoms with Crippen LogP contribution in [0.3, 0.4) is 0 Å². The van der Waals surface area contributed by atoms with Crippen molar-refractivity contribution < 1.29 is 9.90 Å². The van der Waals surface area contributed by atoms with E-state index in [4.69, 9.17) is 0 Å². The number of carboxylic acids is 1. The molecule has 3 aromatic rings. The minimum absolute atomic E-state index is 0.336. The molecule has 5 heteroatoms. The highest BCUT2D eigenvalue weighted by Crippen LogP contribution is 2.33. The first-order chi connectivity index (χ1) is 13.0. The van der Waals surface area contributed by atoms with E-state index >= 15 is 0 Å². The summed E-state index contributed by atoms with van der Waals surface area (Å²) in [7, 11) is 4.20. The molecule has 4 rings (SSSR count). The number of hydrogen-bond donors (Lipinski definition) is 1. The van der Waals surface area contributed by atoms with E-state index in [9.17, 15) is 9.90 Å². The smallest absolute Gasteiger partial charge is 0.335 e. The molecule has 0 spiro atoms. The quantitative estimate of drug-likeness (QED) is 0.772. The van der Waals surface area contributed by atoms with Crippen LogP contribution in [0.5, 0.6) is 0 Å². The molecule has 1 aliphatic rings. The fourth-order valence-electron chi connectivity index (χ4n) is 3.85. The highest BCUT2D eigenvalue weighted by molar-refractivity contribution is 5.95. The molecule has 1 aromatic heterocycles. The molecule has 0 atom stereocenters. The van der Waals surface area contributed by atoms with Crippen LogP contribution >= 0.6 is 0 Å². The Bertz CT molecular complexity index is 990. The average molecular weight is 363 g/mol. The fourth-order valence-corrected chi connectivity index (χ4v) is 3.85. The van der Waals surface area contributed by atoms with E-state index in [0.717, 1.165) is 43.6 Å². The number of benzene rings is 2. The Balaban J connectivity index is 1.82. The summed E-state index contributed by atoms with van der Waals surface area (Å²) in [6.07, 6.45) is 0. The van der Waals surface area contributed by atoms with Crippen LogP contribution in [0.25, 0.3) is 22.2 Å². The van der Waals surface area contributed by atoms with Gasteiger partial charge in [-0.1, -0.05) is 30.3 Å². The standard InChI is InChI=1S/C22H25N3O2/c1-23(2)9-10-24-11-12-25-20-14-17(22(26)27)8-7-16(20)13-21(25)19-6-4-3-5-18(19)15-24/h3-8,13-14H,9-12,15H2,1-2H3,(H,26,27). The van der Waals surface area contributed by atoms with Gasteiger partial charge in [-0.05, 0) is 37.9 Å². The van der Waals surface area contributed by atoms with E-state index in [-0.39, 0.29) is 0 Å². The third kappa shape index (κ3) is 3.48. The third-order valence-electron chi connectivity index (χ3n) is 5.34. The lowest BCUT2D eigenvalue weighted by atomic mass is 10.0. The first-order valence-corrected chi connectivity index (χ1v) is 9.35. The van der Waals surface area contributed by atoms with Crippen LogP contribution < -0.4 is 0 Å². The van der Waals surface area contributed by atoms with Gasteiger partial charge < -0.3 is 14.6 Å². The summed E-state index contributed by atoms with van der Waals surface area (Å²) in [4.78, 5) is 16.1. The van der Waals surface area contributed by atoms with Gasteiger partial charge in [-0.15, -0.1) is 0 Å². The zero-order valence-electron chi connectivity index (χ0n) is 15.9. The molecular weight excluding hydrogens is 338 g/mol. The predicted molar refractivity (Wildman–Crippen MR) is 108 cm³/mol. The van der Waals surface area contributed by atoms with Gasteiger partial charge in [-0.25, -0.2) is 4.79 Å². The summed E-state index contributed by atoms with van der Waals surface area (Å²) in [5, 5.41) is 10.5. The van der Waals surface area contributed by atoms with Crippen LogP contribution in [-0.4, -0.2) is 59.2 Å². The SMILES string of the molecule is CN(C)CCN1CCn2c(cc3ccc(C(=O)O)cc32)-c2ccccc2C1. The molecule has 5 nitrogen and oxygen atoms in total. The third-order valence-corrected chi connectivity index (χ3v) is 5.34. The van der Waals surface area contributed by atoms with Crippen molar-refractivity contribution in [3.8, 4) is 11.3 Å². The average Bonchev–Trinajstić information content (AvgIpc) is 2.99. The molecule has 2 aromatic carbocycles. The molecule has 0 bridgehead atoms. The van der Waals surface area contributed by atoms with Crippen molar-refractivity contribution in [3.05, 3.63) is 59.7 Å². The second kappa shape index (κ2) is 7.18. The fraction of sp³-hybridized carbons (Fsp3) is 0.318. The Hall–Kier alpha value is -2.63. The molecule has 0 saturated carbocycles. The Labute approximate surface area is 159 Å². The van der Waals surface area contributed by atoms with Gasteiger partial charge in [-0.2, -0.15) is 0 Å². The summed E-state index contributed by atoms with van der Waals surface area (Å²) in [5.74, 6) is -0.883. The highest BCUT2D eigenvalue weighted by atomic mass is 16.4. The molecule has 0 unspecified atom stereocenters. The van der Waals surface area contributed by atoms with Crippen LogP contribution in [0.2, 0.25) is 0 Å². The topological polar surface area (TPSA) is 48.7 Å². The van der Waals surface area contributed by atoms with Crippen LogP contribution in [0.15, 0.2) is 48.5 Å². The maximum atomic E-state index is 11.4. The molecule has 1 aliphatic heterocycles. The van der Waals surface area contributed by atoms with Crippen molar-refractivity contribution >= 4 is 16.9 Å². The summed E-state index contributed by atoms with van der Waals surface area (Å²) in [5.41, 5.74) is 5.06. The molecule has 140 valence electrons. The second-order valence-electron chi connectivity index (χ2n) is 7.50. The minimum Gasteiger partial charge on any atom is -0.478 e. The predicted octanol–water partition coefficient (Wildman–Crippen LogP) is 3.38. The van der Waals surface area contributed by atoms with Crippen molar-refractivity contribution in [2.45, 2.75) is 13.1 Å².